The van der Waals surface area contributed by atoms with E-state index in [-0.39, 0.29) is 5.91 Å². The minimum atomic E-state index is -0.0479. The number of rotatable bonds is 8. The van der Waals surface area contributed by atoms with E-state index in [0.717, 1.165) is 25.3 Å². The molecule has 19 heavy (non-hydrogen) atoms. The van der Waals surface area contributed by atoms with E-state index in [1.807, 2.05) is 0 Å². The molecule has 0 spiro atoms. The zero-order valence-electron chi connectivity index (χ0n) is 12.0. The summed E-state index contributed by atoms with van der Waals surface area (Å²) < 4.78 is 5.05. The topological polar surface area (TPSA) is 50.4 Å². The summed E-state index contributed by atoms with van der Waals surface area (Å²) in [4.78, 5) is 11.8. The lowest BCUT2D eigenvalue weighted by molar-refractivity contribution is 0.0954. The highest BCUT2D eigenvalue weighted by atomic mass is 16.5. The molecule has 1 aromatic carbocycles. The molecule has 0 atom stereocenters. The van der Waals surface area contributed by atoms with Gasteiger partial charge < -0.3 is 15.4 Å². The van der Waals surface area contributed by atoms with Crippen molar-refractivity contribution < 1.29 is 9.53 Å². The Labute approximate surface area is 115 Å². The van der Waals surface area contributed by atoms with Gasteiger partial charge >= 0.3 is 0 Å². The standard InChI is InChI=1S/C15H24N2O2/c1-12(2)8-9-16-10-11-17-15(18)13-4-6-14(19-3)7-5-13/h4-7,12,16H,8-11H2,1-3H3,(H,17,18). The monoisotopic (exact) mass is 264 g/mol. The fourth-order valence-electron chi connectivity index (χ4n) is 1.62. The Hall–Kier alpha value is -1.55. The number of methoxy groups -OCH3 is 1. The fraction of sp³-hybridized carbons (Fsp3) is 0.533. The minimum Gasteiger partial charge on any atom is -0.497 e. The number of nitrogens with one attached hydrogen (secondary N) is 2. The molecule has 0 aliphatic heterocycles. The first-order valence-corrected chi connectivity index (χ1v) is 6.76. The van der Waals surface area contributed by atoms with Gasteiger partial charge in [-0.25, -0.2) is 0 Å². The van der Waals surface area contributed by atoms with Crippen molar-refractivity contribution in [3.05, 3.63) is 29.8 Å². The normalized spacial score (nSPS) is 10.5. The lowest BCUT2D eigenvalue weighted by atomic mass is 10.1. The maximum Gasteiger partial charge on any atom is 0.251 e. The number of ether oxygens (including phenoxy) is 1. The highest BCUT2D eigenvalue weighted by molar-refractivity contribution is 5.94. The molecule has 0 saturated heterocycles. The van der Waals surface area contributed by atoms with Gasteiger partial charge in [0.15, 0.2) is 0 Å². The second-order valence-corrected chi connectivity index (χ2v) is 4.92. The second kappa shape index (κ2) is 8.53. The lowest BCUT2D eigenvalue weighted by Gasteiger charge is -2.08. The maximum absolute atomic E-state index is 11.8. The Morgan fingerprint density at radius 3 is 2.42 bits per heavy atom. The smallest absolute Gasteiger partial charge is 0.251 e. The van der Waals surface area contributed by atoms with Crippen molar-refractivity contribution in [2.45, 2.75) is 20.3 Å². The predicted molar refractivity (Wildman–Crippen MR) is 77.7 cm³/mol. The van der Waals surface area contributed by atoms with E-state index in [1.54, 1.807) is 31.4 Å². The van der Waals surface area contributed by atoms with Gasteiger partial charge in [0, 0.05) is 18.7 Å². The number of hydrogen-bond donors (Lipinski definition) is 2. The highest BCUT2D eigenvalue weighted by Gasteiger charge is 2.04. The average molecular weight is 264 g/mol. The van der Waals surface area contributed by atoms with Crippen LogP contribution in [0.1, 0.15) is 30.6 Å². The summed E-state index contributed by atoms with van der Waals surface area (Å²) in [6.45, 7) is 6.84. The molecule has 0 unspecified atom stereocenters. The van der Waals surface area contributed by atoms with E-state index < -0.39 is 0 Å². The maximum atomic E-state index is 11.8. The van der Waals surface area contributed by atoms with E-state index in [0.29, 0.717) is 18.0 Å². The molecular formula is C15H24N2O2. The van der Waals surface area contributed by atoms with Crippen molar-refractivity contribution in [2.75, 3.05) is 26.7 Å². The third kappa shape index (κ3) is 6.25. The van der Waals surface area contributed by atoms with Crippen LogP contribution >= 0.6 is 0 Å². The summed E-state index contributed by atoms with van der Waals surface area (Å²) in [5, 5.41) is 6.19. The summed E-state index contributed by atoms with van der Waals surface area (Å²) in [6, 6.07) is 7.10. The van der Waals surface area contributed by atoms with E-state index in [2.05, 4.69) is 24.5 Å². The van der Waals surface area contributed by atoms with Crippen LogP contribution in [0.3, 0.4) is 0 Å². The first-order valence-electron chi connectivity index (χ1n) is 6.76. The molecule has 1 amide bonds. The number of carbonyl (C=O) groups excluding carboxylic acids is 1. The van der Waals surface area contributed by atoms with E-state index in [9.17, 15) is 4.79 Å². The molecule has 0 aliphatic carbocycles. The van der Waals surface area contributed by atoms with E-state index in [1.165, 1.54) is 0 Å². The van der Waals surface area contributed by atoms with Gasteiger partial charge in [-0.2, -0.15) is 0 Å². The molecule has 0 heterocycles. The first kappa shape index (κ1) is 15.5. The summed E-state index contributed by atoms with van der Waals surface area (Å²) in [7, 11) is 1.61. The van der Waals surface area contributed by atoms with Crippen LogP contribution < -0.4 is 15.4 Å². The van der Waals surface area contributed by atoms with Crippen molar-refractivity contribution >= 4 is 5.91 Å². The molecule has 1 rings (SSSR count). The Morgan fingerprint density at radius 2 is 1.84 bits per heavy atom. The molecule has 0 bridgehead atoms. The Kier molecular flexibility index (Phi) is 6.97. The molecule has 106 valence electrons. The average Bonchev–Trinajstić information content (AvgIpc) is 2.42. The Bertz CT molecular complexity index is 374. The minimum absolute atomic E-state index is 0.0479. The van der Waals surface area contributed by atoms with Gasteiger partial charge in [0.05, 0.1) is 7.11 Å². The van der Waals surface area contributed by atoms with E-state index in [4.69, 9.17) is 4.74 Å². The molecule has 4 nitrogen and oxygen atoms in total. The number of hydrogen-bond acceptors (Lipinski definition) is 3. The summed E-state index contributed by atoms with van der Waals surface area (Å²) in [6.07, 6.45) is 1.16. The molecule has 0 fully saturated rings. The third-order valence-corrected chi connectivity index (χ3v) is 2.84. The van der Waals surface area contributed by atoms with Crippen LogP contribution in [0.25, 0.3) is 0 Å². The fourth-order valence-corrected chi connectivity index (χ4v) is 1.62. The molecule has 0 aromatic heterocycles. The van der Waals surface area contributed by atoms with Crippen LogP contribution in [0, 0.1) is 5.92 Å². The van der Waals surface area contributed by atoms with Crippen molar-refractivity contribution in [1.82, 2.24) is 10.6 Å². The zero-order valence-corrected chi connectivity index (χ0v) is 12.0. The third-order valence-electron chi connectivity index (χ3n) is 2.84. The van der Waals surface area contributed by atoms with Gasteiger partial charge in [-0.05, 0) is 43.1 Å². The zero-order chi connectivity index (χ0) is 14.1. The van der Waals surface area contributed by atoms with Crippen LogP contribution in [0.4, 0.5) is 0 Å². The lowest BCUT2D eigenvalue weighted by Crippen LogP contribution is -2.32. The quantitative estimate of drug-likeness (QED) is 0.707. The van der Waals surface area contributed by atoms with Gasteiger partial charge in [0.2, 0.25) is 0 Å². The summed E-state index contributed by atoms with van der Waals surface area (Å²) >= 11 is 0. The Balaban J connectivity index is 2.20. The number of carbonyl (C=O) groups is 1. The van der Waals surface area contributed by atoms with Crippen LogP contribution in [-0.4, -0.2) is 32.7 Å². The largest absolute Gasteiger partial charge is 0.497 e. The SMILES string of the molecule is COc1ccc(C(=O)NCCNCCC(C)C)cc1. The second-order valence-electron chi connectivity index (χ2n) is 4.92. The van der Waals surface area contributed by atoms with Crippen molar-refractivity contribution in [1.29, 1.82) is 0 Å². The molecule has 4 heteroatoms. The van der Waals surface area contributed by atoms with Gasteiger partial charge in [-0.15, -0.1) is 0 Å². The summed E-state index contributed by atoms with van der Waals surface area (Å²) in [5.74, 6) is 1.42. The predicted octanol–water partition coefficient (Wildman–Crippen LogP) is 2.06. The van der Waals surface area contributed by atoms with Crippen LogP contribution in [0.5, 0.6) is 5.75 Å². The Morgan fingerprint density at radius 1 is 1.16 bits per heavy atom. The van der Waals surface area contributed by atoms with Gasteiger partial charge in [-0.3, -0.25) is 4.79 Å². The number of amides is 1. The first-order chi connectivity index (χ1) is 9.13. The van der Waals surface area contributed by atoms with Crippen LogP contribution in [0.2, 0.25) is 0 Å². The molecule has 0 radical (unpaired) electrons. The van der Waals surface area contributed by atoms with E-state index >= 15 is 0 Å². The highest BCUT2D eigenvalue weighted by Crippen LogP contribution is 2.10. The van der Waals surface area contributed by atoms with Crippen LogP contribution in [-0.2, 0) is 0 Å². The molecule has 0 aliphatic rings. The molecule has 2 N–H and O–H groups in total. The summed E-state index contributed by atoms with van der Waals surface area (Å²) in [5.41, 5.74) is 0.656. The molecule has 0 saturated carbocycles. The van der Waals surface area contributed by atoms with Gasteiger partial charge in [0.25, 0.3) is 5.91 Å². The van der Waals surface area contributed by atoms with Crippen LogP contribution in [0.15, 0.2) is 24.3 Å². The van der Waals surface area contributed by atoms with Crippen molar-refractivity contribution in [3.63, 3.8) is 0 Å². The van der Waals surface area contributed by atoms with Gasteiger partial charge in [0.1, 0.15) is 5.75 Å². The van der Waals surface area contributed by atoms with Crippen molar-refractivity contribution in [3.8, 4) is 5.75 Å². The molecule has 1 aromatic rings. The number of benzene rings is 1. The van der Waals surface area contributed by atoms with Gasteiger partial charge in [-0.1, -0.05) is 13.8 Å². The van der Waals surface area contributed by atoms with Crippen molar-refractivity contribution in [2.24, 2.45) is 5.92 Å². The molecular weight excluding hydrogens is 240 g/mol.